The molecule has 4 aromatic rings. The van der Waals surface area contributed by atoms with Crippen LogP contribution in [0.25, 0.3) is 6.08 Å². The summed E-state index contributed by atoms with van der Waals surface area (Å²) in [5, 5.41) is 4.87. The number of amides is 1. The standard InChI is InChI=1S/C29H20N2O4S/c32-26(21-11-5-15-35-21)24-25(27(33)22-12-6-16-36-22)31-20-10-4-1-7-17(20)13-14-23(31)29(24)18-8-2-3-9-19(18)30-28(29)34/h1-16,23-25H,(H,30,34)/t23-,24+,25-,29+/m0/s1. The van der Waals surface area contributed by atoms with Crippen LogP contribution >= 0.6 is 11.3 Å². The summed E-state index contributed by atoms with van der Waals surface area (Å²) in [6.45, 7) is 0. The highest BCUT2D eigenvalue weighted by molar-refractivity contribution is 7.12. The lowest BCUT2D eigenvalue weighted by Crippen LogP contribution is -2.51. The Kier molecular flexibility index (Phi) is 4.47. The number of hydrogen-bond donors (Lipinski definition) is 1. The number of fused-ring (bicyclic) bond motifs is 6. The average molecular weight is 493 g/mol. The van der Waals surface area contributed by atoms with Gasteiger partial charge in [-0.05, 0) is 46.8 Å². The normalized spacial score (nSPS) is 25.4. The lowest BCUT2D eigenvalue weighted by atomic mass is 9.64. The van der Waals surface area contributed by atoms with Gasteiger partial charge in [-0.15, -0.1) is 11.3 Å². The Bertz CT molecular complexity index is 1560. The molecule has 0 saturated carbocycles. The first-order chi connectivity index (χ1) is 17.6. The van der Waals surface area contributed by atoms with E-state index in [0.717, 1.165) is 16.8 Å². The first-order valence-electron chi connectivity index (χ1n) is 11.7. The minimum atomic E-state index is -1.32. The predicted octanol–water partition coefficient (Wildman–Crippen LogP) is 5.20. The number of furan rings is 1. The molecular formula is C29H20N2O4S. The number of rotatable bonds is 4. The number of hydrogen-bond acceptors (Lipinski definition) is 6. The monoisotopic (exact) mass is 492 g/mol. The first-order valence-corrected chi connectivity index (χ1v) is 12.6. The molecule has 36 heavy (non-hydrogen) atoms. The maximum atomic E-state index is 14.3. The van der Waals surface area contributed by atoms with Crippen LogP contribution < -0.4 is 10.2 Å². The van der Waals surface area contributed by atoms with Crippen molar-refractivity contribution in [2.24, 2.45) is 5.92 Å². The van der Waals surface area contributed by atoms with Gasteiger partial charge in [0.2, 0.25) is 11.7 Å². The summed E-state index contributed by atoms with van der Waals surface area (Å²) in [7, 11) is 0. The second kappa shape index (κ2) is 7.63. The van der Waals surface area contributed by atoms with Crippen LogP contribution in [0.5, 0.6) is 0 Å². The Labute approximate surface area is 210 Å². The van der Waals surface area contributed by atoms with Crippen molar-refractivity contribution in [3.63, 3.8) is 0 Å². The van der Waals surface area contributed by atoms with Crippen molar-refractivity contribution in [1.29, 1.82) is 0 Å². The fourth-order valence-corrected chi connectivity index (χ4v) is 6.95. The minimum Gasteiger partial charge on any atom is -0.461 e. The van der Waals surface area contributed by atoms with Gasteiger partial charge in [-0.25, -0.2) is 0 Å². The van der Waals surface area contributed by atoms with Crippen molar-refractivity contribution in [2.75, 3.05) is 10.2 Å². The van der Waals surface area contributed by atoms with E-state index in [4.69, 9.17) is 4.42 Å². The molecule has 1 saturated heterocycles. The van der Waals surface area contributed by atoms with E-state index in [1.54, 1.807) is 18.2 Å². The zero-order valence-electron chi connectivity index (χ0n) is 19.0. The van der Waals surface area contributed by atoms with Gasteiger partial charge >= 0.3 is 0 Å². The van der Waals surface area contributed by atoms with Gasteiger partial charge in [-0.2, -0.15) is 0 Å². The predicted molar refractivity (Wildman–Crippen MR) is 137 cm³/mol. The van der Waals surface area contributed by atoms with Crippen LogP contribution in [0, 0.1) is 5.92 Å². The summed E-state index contributed by atoms with van der Waals surface area (Å²) < 4.78 is 5.55. The van der Waals surface area contributed by atoms with Gasteiger partial charge in [0.1, 0.15) is 11.5 Å². The number of anilines is 2. The molecule has 176 valence electrons. The highest BCUT2D eigenvalue weighted by Gasteiger charge is 2.70. The third kappa shape index (κ3) is 2.63. The van der Waals surface area contributed by atoms with E-state index in [1.165, 1.54) is 17.6 Å². The summed E-state index contributed by atoms with van der Waals surface area (Å²) in [4.78, 5) is 45.2. The summed E-state index contributed by atoms with van der Waals surface area (Å²) >= 11 is 1.34. The smallest absolute Gasteiger partial charge is 0.238 e. The van der Waals surface area contributed by atoms with Crippen molar-refractivity contribution in [3.8, 4) is 0 Å². The van der Waals surface area contributed by atoms with E-state index in [1.807, 2.05) is 77.0 Å². The third-order valence-corrected chi connectivity index (χ3v) is 8.51. The SMILES string of the molecule is O=C(c1cccs1)[C@@H]1[C@H](C(=O)c2ccco2)[C@]2(C(=O)Nc3ccccc32)[C@@H]2C=Cc3ccccc3N12. The molecule has 7 rings (SSSR count). The van der Waals surface area contributed by atoms with E-state index in [0.29, 0.717) is 10.6 Å². The number of carbonyl (C=O) groups excluding carboxylic acids is 3. The number of nitrogens with zero attached hydrogens (tertiary/aromatic N) is 1. The van der Waals surface area contributed by atoms with Crippen molar-refractivity contribution in [3.05, 3.63) is 112 Å². The number of Topliss-reactive ketones (excluding diaryl/α,β-unsaturated/α-hetero) is 2. The molecule has 1 amide bonds. The van der Waals surface area contributed by atoms with E-state index in [2.05, 4.69) is 5.32 Å². The summed E-state index contributed by atoms with van der Waals surface area (Å²) in [6.07, 6.45) is 5.39. The van der Waals surface area contributed by atoms with Crippen LogP contribution in [0.2, 0.25) is 0 Å². The number of para-hydroxylation sites is 2. The second-order valence-electron chi connectivity index (χ2n) is 9.24. The summed E-state index contributed by atoms with van der Waals surface area (Å²) in [6, 6.07) is 20.6. The number of carbonyl (C=O) groups is 3. The molecule has 0 bridgehead atoms. The van der Waals surface area contributed by atoms with Crippen molar-refractivity contribution >= 4 is 46.3 Å². The fourth-order valence-electron chi connectivity index (χ4n) is 6.26. The summed E-state index contributed by atoms with van der Waals surface area (Å²) in [5.74, 6) is -1.70. The fraction of sp³-hybridized carbons (Fsp3) is 0.138. The Morgan fingerprint density at radius 3 is 2.58 bits per heavy atom. The number of ketones is 2. The Balaban J connectivity index is 1.55. The quantitative estimate of drug-likeness (QED) is 0.396. The Hall–Kier alpha value is -4.23. The number of thiophene rings is 1. The van der Waals surface area contributed by atoms with Crippen LogP contribution in [0.4, 0.5) is 11.4 Å². The van der Waals surface area contributed by atoms with E-state index in [-0.39, 0.29) is 23.2 Å². The lowest BCUT2D eigenvalue weighted by Gasteiger charge is -2.37. The molecule has 1 fully saturated rings. The van der Waals surface area contributed by atoms with Crippen LogP contribution in [-0.4, -0.2) is 29.6 Å². The minimum absolute atomic E-state index is 0.137. The van der Waals surface area contributed by atoms with Crippen LogP contribution in [-0.2, 0) is 10.2 Å². The van der Waals surface area contributed by atoms with E-state index >= 15 is 0 Å². The van der Waals surface area contributed by atoms with E-state index in [9.17, 15) is 14.4 Å². The highest BCUT2D eigenvalue weighted by atomic mass is 32.1. The second-order valence-corrected chi connectivity index (χ2v) is 10.2. The molecule has 2 aromatic carbocycles. The average Bonchev–Trinajstić information content (AvgIpc) is 3.70. The molecule has 2 aromatic heterocycles. The number of benzene rings is 2. The molecular weight excluding hydrogens is 472 g/mol. The van der Waals surface area contributed by atoms with Gasteiger partial charge in [-0.3, -0.25) is 14.4 Å². The zero-order chi connectivity index (χ0) is 24.4. The molecule has 0 radical (unpaired) electrons. The van der Waals surface area contributed by atoms with Gasteiger partial charge in [-0.1, -0.05) is 54.6 Å². The van der Waals surface area contributed by atoms with Gasteiger partial charge in [0.05, 0.1) is 23.1 Å². The Morgan fingerprint density at radius 1 is 0.944 bits per heavy atom. The largest absolute Gasteiger partial charge is 0.461 e. The topological polar surface area (TPSA) is 79.6 Å². The molecule has 0 unspecified atom stereocenters. The molecule has 6 nitrogen and oxygen atoms in total. The van der Waals surface area contributed by atoms with E-state index < -0.39 is 23.4 Å². The molecule has 0 aliphatic carbocycles. The van der Waals surface area contributed by atoms with Crippen LogP contribution in [0.3, 0.4) is 0 Å². The maximum Gasteiger partial charge on any atom is 0.238 e. The first kappa shape index (κ1) is 21.1. The highest BCUT2D eigenvalue weighted by Crippen LogP contribution is 2.58. The van der Waals surface area contributed by atoms with Gasteiger partial charge in [0.15, 0.2) is 11.5 Å². The van der Waals surface area contributed by atoms with Crippen molar-refractivity contribution in [2.45, 2.75) is 17.5 Å². The van der Waals surface area contributed by atoms with Crippen molar-refractivity contribution < 1.29 is 18.8 Å². The third-order valence-electron chi connectivity index (χ3n) is 7.62. The molecule has 7 heteroatoms. The molecule has 1 N–H and O–H groups in total. The van der Waals surface area contributed by atoms with Crippen molar-refractivity contribution in [1.82, 2.24) is 0 Å². The van der Waals surface area contributed by atoms with Gasteiger partial charge in [0.25, 0.3) is 0 Å². The van der Waals surface area contributed by atoms with Gasteiger partial charge < -0.3 is 14.6 Å². The maximum absolute atomic E-state index is 14.3. The molecule has 3 aliphatic rings. The van der Waals surface area contributed by atoms with Crippen LogP contribution in [0.1, 0.15) is 31.4 Å². The Morgan fingerprint density at radius 2 is 1.78 bits per heavy atom. The van der Waals surface area contributed by atoms with Crippen LogP contribution in [0.15, 0.2) is 94.9 Å². The molecule has 4 atom stereocenters. The van der Waals surface area contributed by atoms with Gasteiger partial charge in [0, 0.05) is 11.4 Å². The molecule has 3 aliphatic heterocycles. The molecule has 1 spiro atoms. The molecule has 5 heterocycles. The number of nitrogens with one attached hydrogen (secondary N) is 1. The zero-order valence-corrected chi connectivity index (χ0v) is 19.8. The summed E-state index contributed by atoms with van der Waals surface area (Å²) in [5.41, 5.74) is 1.83. The lowest BCUT2D eigenvalue weighted by molar-refractivity contribution is -0.121.